The van der Waals surface area contributed by atoms with E-state index in [9.17, 15) is 4.79 Å². The maximum Gasteiger partial charge on any atom is 0.277 e. The van der Waals surface area contributed by atoms with Gasteiger partial charge in [0.05, 0.1) is 10.2 Å². The van der Waals surface area contributed by atoms with Gasteiger partial charge in [-0.3, -0.25) is 9.20 Å². The maximum atomic E-state index is 12.3. The van der Waals surface area contributed by atoms with E-state index in [0.29, 0.717) is 12.0 Å². The summed E-state index contributed by atoms with van der Waals surface area (Å²) in [6, 6.07) is 16.0. The van der Waals surface area contributed by atoms with Gasteiger partial charge in [0, 0.05) is 22.7 Å². The molecule has 0 N–H and O–H groups in total. The van der Waals surface area contributed by atoms with Crippen LogP contribution in [0.15, 0.2) is 64.0 Å². The number of halogens is 1. The summed E-state index contributed by atoms with van der Waals surface area (Å²) >= 11 is 5.07. The fourth-order valence-corrected chi connectivity index (χ4v) is 3.95. The normalized spacial score (nSPS) is 11.3. The van der Waals surface area contributed by atoms with Crippen molar-refractivity contribution in [1.29, 1.82) is 0 Å². The molecule has 2 aromatic heterocycles. The van der Waals surface area contributed by atoms with Crippen molar-refractivity contribution in [3.63, 3.8) is 0 Å². The van der Waals surface area contributed by atoms with Gasteiger partial charge in [0.2, 0.25) is 0 Å². The lowest BCUT2D eigenvalue weighted by atomic mass is 10.1. The Morgan fingerprint density at radius 1 is 1.05 bits per heavy atom. The summed E-state index contributed by atoms with van der Waals surface area (Å²) in [5.74, 6) is 0. The van der Waals surface area contributed by atoms with Crippen molar-refractivity contribution >= 4 is 42.4 Å². The van der Waals surface area contributed by atoms with Gasteiger partial charge in [-0.1, -0.05) is 57.6 Å². The third kappa shape index (κ3) is 2.26. The lowest BCUT2D eigenvalue weighted by molar-refractivity contribution is 1.04. The number of para-hydroxylation sites is 1. The minimum Gasteiger partial charge on any atom is -0.291 e. The summed E-state index contributed by atoms with van der Waals surface area (Å²) in [6.45, 7) is 0. The number of rotatable bonds is 2. The zero-order valence-corrected chi connectivity index (χ0v) is 13.9. The van der Waals surface area contributed by atoms with Gasteiger partial charge >= 0.3 is 0 Å². The molecule has 0 saturated heterocycles. The van der Waals surface area contributed by atoms with Crippen molar-refractivity contribution in [3.05, 3.63) is 80.7 Å². The zero-order valence-electron chi connectivity index (χ0n) is 11.5. The third-order valence-electron chi connectivity index (χ3n) is 3.63. The first kappa shape index (κ1) is 13.7. The molecule has 2 heterocycles. The maximum absolute atomic E-state index is 12.3. The summed E-state index contributed by atoms with van der Waals surface area (Å²) in [6.07, 6.45) is 2.49. The Bertz CT molecular complexity index is 1050. The number of nitrogens with zero attached hydrogens (tertiary/aromatic N) is 2. The molecule has 4 rings (SSSR count). The Morgan fingerprint density at radius 3 is 2.68 bits per heavy atom. The van der Waals surface area contributed by atoms with Crippen LogP contribution in [-0.2, 0) is 6.42 Å². The summed E-state index contributed by atoms with van der Waals surface area (Å²) < 4.78 is 4.15. The first-order valence-electron chi connectivity index (χ1n) is 6.85. The molecule has 4 aromatic rings. The average molecular weight is 371 g/mol. The topological polar surface area (TPSA) is 34.4 Å². The van der Waals surface area contributed by atoms with Gasteiger partial charge in [-0.25, -0.2) is 0 Å². The number of aromatic nitrogens is 2. The summed E-state index contributed by atoms with van der Waals surface area (Å²) in [5.41, 5.74) is 2.72. The van der Waals surface area contributed by atoms with Gasteiger partial charge in [0.15, 0.2) is 4.96 Å². The van der Waals surface area contributed by atoms with Crippen LogP contribution in [0.2, 0.25) is 0 Å². The lowest BCUT2D eigenvalue weighted by Gasteiger charge is -2.04. The van der Waals surface area contributed by atoms with Gasteiger partial charge in [-0.05, 0) is 23.8 Å². The first-order chi connectivity index (χ1) is 10.7. The smallest absolute Gasteiger partial charge is 0.277 e. The molecule has 0 unspecified atom stereocenters. The average Bonchev–Trinajstić information content (AvgIpc) is 2.87. The van der Waals surface area contributed by atoms with E-state index in [2.05, 4.69) is 20.9 Å². The molecule has 0 radical (unpaired) electrons. The molecule has 0 spiro atoms. The van der Waals surface area contributed by atoms with Crippen molar-refractivity contribution in [1.82, 2.24) is 9.38 Å². The van der Waals surface area contributed by atoms with Crippen LogP contribution in [0.3, 0.4) is 0 Å². The minimum atomic E-state index is -0.151. The highest BCUT2D eigenvalue weighted by Crippen LogP contribution is 2.25. The van der Waals surface area contributed by atoms with Crippen LogP contribution in [0.1, 0.15) is 11.1 Å². The molecule has 0 aliphatic rings. The van der Waals surface area contributed by atoms with Crippen LogP contribution in [0.25, 0.3) is 15.2 Å². The van der Waals surface area contributed by atoms with Crippen molar-refractivity contribution in [2.75, 3.05) is 0 Å². The van der Waals surface area contributed by atoms with Crippen LogP contribution >= 0.6 is 27.3 Å². The van der Waals surface area contributed by atoms with Gasteiger partial charge in [0.1, 0.15) is 0 Å². The fourth-order valence-electron chi connectivity index (χ4n) is 2.53. The molecule has 3 nitrogen and oxygen atoms in total. The number of thiazole rings is 1. The summed E-state index contributed by atoms with van der Waals surface area (Å²) in [7, 11) is 0. The molecule has 5 heteroatoms. The quantitative estimate of drug-likeness (QED) is 0.528. The molecule has 0 aliphatic heterocycles. The number of benzene rings is 2. The monoisotopic (exact) mass is 370 g/mol. The zero-order chi connectivity index (χ0) is 15.1. The Balaban J connectivity index is 1.91. The molecule has 22 heavy (non-hydrogen) atoms. The van der Waals surface area contributed by atoms with Crippen LogP contribution in [0, 0.1) is 0 Å². The van der Waals surface area contributed by atoms with E-state index < -0.39 is 0 Å². The fraction of sp³-hybridized carbons (Fsp3) is 0.0588. The molecule has 2 aromatic carbocycles. The Morgan fingerprint density at radius 2 is 1.82 bits per heavy atom. The molecule has 0 amide bonds. The summed E-state index contributed by atoms with van der Waals surface area (Å²) in [4.78, 5) is 17.3. The molecule has 108 valence electrons. The predicted octanol–water partition coefficient (Wildman–Crippen LogP) is 4.26. The highest BCUT2D eigenvalue weighted by molar-refractivity contribution is 9.10. The largest absolute Gasteiger partial charge is 0.291 e. The molecule has 0 fully saturated rings. The standard InChI is InChI=1S/C17H11BrN2OS/c18-13-6-2-1-5-11(13)9-12-10-20-14-7-3-4-8-15(14)22-17(20)19-16(12)21/h1-8,10H,9H2. The van der Waals surface area contributed by atoms with E-state index in [1.165, 1.54) is 11.3 Å². The van der Waals surface area contributed by atoms with Gasteiger partial charge in [-0.15, -0.1) is 0 Å². The van der Waals surface area contributed by atoms with E-state index in [4.69, 9.17) is 0 Å². The van der Waals surface area contributed by atoms with Crippen LogP contribution in [0.5, 0.6) is 0 Å². The van der Waals surface area contributed by atoms with Crippen LogP contribution in [0.4, 0.5) is 0 Å². The highest BCUT2D eigenvalue weighted by atomic mass is 79.9. The Labute approximate surface area is 139 Å². The van der Waals surface area contributed by atoms with E-state index in [1.807, 2.05) is 59.1 Å². The Kier molecular flexibility index (Phi) is 3.32. The molecule has 0 atom stereocenters. The molecular formula is C17H11BrN2OS. The van der Waals surface area contributed by atoms with Crippen LogP contribution < -0.4 is 5.56 Å². The second kappa shape index (κ2) is 5.34. The molecule has 0 aliphatic carbocycles. The number of fused-ring (bicyclic) bond motifs is 3. The van der Waals surface area contributed by atoms with Crippen molar-refractivity contribution in [2.24, 2.45) is 0 Å². The Hall–Kier alpha value is -1.98. The first-order valence-corrected chi connectivity index (χ1v) is 8.46. The van der Waals surface area contributed by atoms with Gasteiger partial charge in [-0.2, -0.15) is 4.98 Å². The van der Waals surface area contributed by atoms with E-state index in [-0.39, 0.29) is 5.56 Å². The van der Waals surface area contributed by atoms with Crippen molar-refractivity contribution in [2.45, 2.75) is 6.42 Å². The van der Waals surface area contributed by atoms with E-state index in [0.717, 1.165) is 25.2 Å². The molecule has 0 bridgehead atoms. The number of hydrogen-bond donors (Lipinski definition) is 0. The second-order valence-electron chi connectivity index (χ2n) is 5.06. The third-order valence-corrected chi connectivity index (χ3v) is 5.44. The second-order valence-corrected chi connectivity index (χ2v) is 6.93. The van der Waals surface area contributed by atoms with E-state index in [1.54, 1.807) is 0 Å². The van der Waals surface area contributed by atoms with Gasteiger partial charge < -0.3 is 0 Å². The highest BCUT2D eigenvalue weighted by Gasteiger charge is 2.10. The minimum absolute atomic E-state index is 0.151. The van der Waals surface area contributed by atoms with E-state index >= 15 is 0 Å². The SMILES string of the molecule is O=c1nc2sc3ccccc3n2cc1Cc1ccccc1Br. The number of hydrogen-bond acceptors (Lipinski definition) is 3. The van der Waals surface area contributed by atoms with Crippen LogP contribution in [-0.4, -0.2) is 9.38 Å². The summed E-state index contributed by atoms with van der Waals surface area (Å²) in [5, 5.41) is 0. The van der Waals surface area contributed by atoms with Crippen molar-refractivity contribution < 1.29 is 0 Å². The predicted molar refractivity (Wildman–Crippen MR) is 93.8 cm³/mol. The van der Waals surface area contributed by atoms with Crippen molar-refractivity contribution in [3.8, 4) is 0 Å². The molecule has 0 saturated carbocycles. The lowest BCUT2D eigenvalue weighted by Crippen LogP contribution is -2.14. The van der Waals surface area contributed by atoms with Gasteiger partial charge in [0.25, 0.3) is 5.56 Å². The molecular weight excluding hydrogens is 360 g/mol.